The third kappa shape index (κ3) is 3.63. The van der Waals surface area contributed by atoms with Gasteiger partial charge in [0.05, 0.1) is 6.42 Å². The summed E-state index contributed by atoms with van der Waals surface area (Å²) >= 11 is 0. The van der Waals surface area contributed by atoms with Crippen LogP contribution < -0.4 is 10.2 Å². The lowest BCUT2D eigenvalue weighted by atomic mass is 10.00. The Kier molecular flexibility index (Phi) is 5.11. The standard InChI is InChI=1S/C24H24N2O2/c1-2-24(28)26-14-6-10-19-15-20(12-13-22(19)26)25-23(27)16-18-9-5-8-17-7-3-4-11-21(17)18/h3-5,7-9,11-13,15H,2,6,10,14,16H2,1H3,(H,25,27). The number of carbonyl (C=O) groups excluding carboxylic acids is 2. The Balaban J connectivity index is 1.51. The van der Waals surface area contributed by atoms with Crippen molar-refractivity contribution in [2.24, 2.45) is 0 Å². The molecule has 0 aromatic heterocycles. The van der Waals surface area contributed by atoms with Crippen molar-refractivity contribution >= 4 is 34.0 Å². The zero-order valence-corrected chi connectivity index (χ0v) is 16.1. The molecule has 4 rings (SSSR count). The SMILES string of the molecule is CCC(=O)N1CCCc2cc(NC(=O)Cc3cccc4ccccc34)ccc21. The van der Waals surface area contributed by atoms with E-state index in [2.05, 4.69) is 23.5 Å². The fourth-order valence-electron chi connectivity index (χ4n) is 3.95. The van der Waals surface area contributed by atoms with E-state index in [1.807, 2.05) is 54.3 Å². The topological polar surface area (TPSA) is 49.4 Å². The Morgan fingerprint density at radius 2 is 1.86 bits per heavy atom. The highest BCUT2D eigenvalue weighted by Gasteiger charge is 2.21. The second-order valence-corrected chi connectivity index (χ2v) is 7.21. The molecule has 28 heavy (non-hydrogen) atoms. The number of nitrogens with one attached hydrogen (secondary N) is 1. The van der Waals surface area contributed by atoms with E-state index in [0.717, 1.165) is 52.7 Å². The van der Waals surface area contributed by atoms with Crippen molar-refractivity contribution in [1.29, 1.82) is 0 Å². The lowest BCUT2D eigenvalue weighted by Gasteiger charge is -2.29. The van der Waals surface area contributed by atoms with Gasteiger partial charge in [-0.3, -0.25) is 9.59 Å². The van der Waals surface area contributed by atoms with Crippen molar-refractivity contribution in [3.8, 4) is 0 Å². The van der Waals surface area contributed by atoms with E-state index in [1.165, 1.54) is 0 Å². The Morgan fingerprint density at radius 3 is 2.71 bits per heavy atom. The summed E-state index contributed by atoms with van der Waals surface area (Å²) < 4.78 is 0. The summed E-state index contributed by atoms with van der Waals surface area (Å²) in [5.41, 5.74) is 3.91. The fourth-order valence-corrected chi connectivity index (χ4v) is 3.95. The molecule has 0 radical (unpaired) electrons. The first-order valence-corrected chi connectivity index (χ1v) is 9.85. The van der Waals surface area contributed by atoms with Crippen LogP contribution in [0.2, 0.25) is 0 Å². The van der Waals surface area contributed by atoms with Crippen molar-refractivity contribution in [3.05, 3.63) is 71.8 Å². The van der Waals surface area contributed by atoms with E-state index in [1.54, 1.807) is 0 Å². The molecule has 0 atom stereocenters. The van der Waals surface area contributed by atoms with E-state index in [4.69, 9.17) is 0 Å². The molecule has 4 nitrogen and oxygen atoms in total. The van der Waals surface area contributed by atoms with Crippen LogP contribution in [0.5, 0.6) is 0 Å². The molecule has 0 aliphatic carbocycles. The quantitative estimate of drug-likeness (QED) is 0.721. The molecule has 3 aromatic carbocycles. The predicted molar refractivity (Wildman–Crippen MR) is 114 cm³/mol. The second kappa shape index (κ2) is 7.85. The summed E-state index contributed by atoms with van der Waals surface area (Å²) in [7, 11) is 0. The molecule has 0 bridgehead atoms. The van der Waals surface area contributed by atoms with Gasteiger partial charge in [-0.25, -0.2) is 0 Å². The van der Waals surface area contributed by atoms with Crippen LogP contribution in [0.25, 0.3) is 10.8 Å². The first-order valence-electron chi connectivity index (χ1n) is 9.85. The summed E-state index contributed by atoms with van der Waals surface area (Å²) in [6.45, 7) is 2.66. The number of aryl methyl sites for hydroxylation is 1. The van der Waals surface area contributed by atoms with Crippen molar-refractivity contribution < 1.29 is 9.59 Å². The van der Waals surface area contributed by atoms with Crippen LogP contribution in [0.3, 0.4) is 0 Å². The fraction of sp³-hybridized carbons (Fsp3) is 0.250. The van der Waals surface area contributed by atoms with Crippen molar-refractivity contribution in [2.45, 2.75) is 32.6 Å². The Morgan fingerprint density at radius 1 is 1.04 bits per heavy atom. The molecule has 0 spiro atoms. The van der Waals surface area contributed by atoms with Gasteiger partial charge in [0, 0.05) is 24.3 Å². The van der Waals surface area contributed by atoms with Crippen molar-refractivity contribution in [2.75, 3.05) is 16.8 Å². The molecule has 0 fully saturated rings. The van der Waals surface area contributed by atoms with E-state index >= 15 is 0 Å². The van der Waals surface area contributed by atoms with Crippen LogP contribution in [-0.2, 0) is 22.4 Å². The van der Waals surface area contributed by atoms with Crippen LogP contribution >= 0.6 is 0 Å². The highest BCUT2D eigenvalue weighted by Crippen LogP contribution is 2.30. The molecule has 2 amide bonds. The van der Waals surface area contributed by atoms with E-state index in [9.17, 15) is 9.59 Å². The highest BCUT2D eigenvalue weighted by atomic mass is 16.2. The van der Waals surface area contributed by atoms with Gasteiger partial charge in [-0.15, -0.1) is 0 Å². The zero-order chi connectivity index (χ0) is 19.5. The predicted octanol–water partition coefficient (Wildman–Crippen LogP) is 4.71. The summed E-state index contributed by atoms with van der Waals surface area (Å²) in [6, 6.07) is 20.0. The number of rotatable bonds is 4. The maximum Gasteiger partial charge on any atom is 0.228 e. The van der Waals surface area contributed by atoms with Gasteiger partial charge in [0.2, 0.25) is 11.8 Å². The Hall–Kier alpha value is -3.14. The molecule has 3 aromatic rings. The average Bonchev–Trinajstić information content (AvgIpc) is 2.73. The van der Waals surface area contributed by atoms with Crippen LogP contribution in [-0.4, -0.2) is 18.4 Å². The third-order valence-corrected chi connectivity index (χ3v) is 5.32. The van der Waals surface area contributed by atoms with Crippen LogP contribution in [0.15, 0.2) is 60.7 Å². The molecule has 0 unspecified atom stereocenters. The lowest BCUT2D eigenvalue weighted by Crippen LogP contribution is -2.34. The van der Waals surface area contributed by atoms with E-state index in [0.29, 0.717) is 12.8 Å². The first-order chi connectivity index (χ1) is 13.7. The van der Waals surface area contributed by atoms with Crippen molar-refractivity contribution in [3.63, 3.8) is 0 Å². The van der Waals surface area contributed by atoms with Gasteiger partial charge in [0.15, 0.2) is 0 Å². The number of anilines is 2. The largest absolute Gasteiger partial charge is 0.326 e. The average molecular weight is 372 g/mol. The summed E-state index contributed by atoms with van der Waals surface area (Å²) in [5.74, 6) is 0.113. The lowest BCUT2D eigenvalue weighted by molar-refractivity contribution is -0.118. The number of carbonyl (C=O) groups is 2. The molecule has 1 aliphatic heterocycles. The Bertz CT molecular complexity index is 1040. The zero-order valence-electron chi connectivity index (χ0n) is 16.1. The summed E-state index contributed by atoms with van der Waals surface area (Å²) in [6.07, 6.45) is 2.71. The van der Waals surface area contributed by atoms with E-state index < -0.39 is 0 Å². The number of nitrogens with zero attached hydrogens (tertiary/aromatic N) is 1. The molecular formula is C24H24N2O2. The normalized spacial score (nSPS) is 13.2. The molecule has 1 heterocycles. The molecule has 0 saturated heterocycles. The maximum absolute atomic E-state index is 12.6. The highest BCUT2D eigenvalue weighted by molar-refractivity contribution is 5.98. The van der Waals surface area contributed by atoms with Gasteiger partial charge >= 0.3 is 0 Å². The van der Waals surface area contributed by atoms with Crippen molar-refractivity contribution in [1.82, 2.24) is 0 Å². The van der Waals surface area contributed by atoms with Crippen LogP contribution in [0.4, 0.5) is 11.4 Å². The van der Waals surface area contributed by atoms with Gasteiger partial charge < -0.3 is 10.2 Å². The molecule has 1 aliphatic rings. The molecule has 0 saturated carbocycles. The monoisotopic (exact) mass is 372 g/mol. The van der Waals surface area contributed by atoms with E-state index in [-0.39, 0.29) is 11.8 Å². The summed E-state index contributed by atoms with van der Waals surface area (Å²) in [4.78, 5) is 26.7. The first kappa shape index (κ1) is 18.2. The Labute approximate surface area is 165 Å². The van der Waals surface area contributed by atoms with Gasteiger partial charge in [0.25, 0.3) is 0 Å². The number of amides is 2. The number of benzene rings is 3. The molecular weight excluding hydrogens is 348 g/mol. The van der Waals surface area contributed by atoms with Gasteiger partial charge in [0.1, 0.15) is 0 Å². The molecule has 4 heteroatoms. The minimum absolute atomic E-state index is 0.0337. The summed E-state index contributed by atoms with van der Waals surface area (Å²) in [5, 5.41) is 5.27. The molecule has 1 N–H and O–H groups in total. The number of hydrogen-bond donors (Lipinski definition) is 1. The number of hydrogen-bond acceptors (Lipinski definition) is 2. The maximum atomic E-state index is 12.6. The minimum atomic E-state index is -0.0337. The van der Waals surface area contributed by atoms with Gasteiger partial charge in [-0.1, -0.05) is 49.4 Å². The second-order valence-electron chi connectivity index (χ2n) is 7.21. The van der Waals surface area contributed by atoms with Crippen LogP contribution in [0, 0.1) is 0 Å². The van der Waals surface area contributed by atoms with Crippen LogP contribution in [0.1, 0.15) is 30.9 Å². The van der Waals surface area contributed by atoms with Gasteiger partial charge in [-0.2, -0.15) is 0 Å². The smallest absolute Gasteiger partial charge is 0.228 e. The van der Waals surface area contributed by atoms with Gasteiger partial charge in [-0.05, 0) is 52.9 Å². The third-order valence-electron chi connectivity index (χ3n) is 5.32. The minimum Gasteiger partial charge on any atom is -0.326 e. The number of fused-ring (bicyclic) bond motifs is 2. The molecule has 142 valence electrons.